The number of fused-ring (bicyclic) bond motifs is 1. The average molecular weight is 274 g/mol. The van der Waals surface area contributed by atoms with E-state index in [0.29, 0.717) is 11.5 Å². The molecule has 4 nitrogen and oxygen atoms in total. The molecule has 1 aliphatic rings. The Balaban J connectivity index is 1.79. The minimum Gasteiger partial charge on any atom is -0.361 e. The van der Waals surface area contributed by atoms with Gasteiger partial charge in [-0.25, -0.2) is 0 Å². The third-order valence-corrected chi connectivity index (χ3v) is 4.25. The molecule has 2 heterocycles. The summed E-state index contributed by atoms with van der Waals surface area (Å²) in [5, 5.41) is 6.77. The highest BCUT2D eigenvalue weighted by Crippen LogP contribution is 2.35. The van der Waals surface area contributed by atoms with Crippen molar-refractivity contribution in [2.24, 2.45) is 0 Å². The van der Waals surface area contributed by atoms with Gasteiger partial charge in [-0.05, 0) is 25.0 Å². The molecule has 19 heavy (non-hydrogen) atoms. The predicted molar refractivity (Wildman–Crippen MR) is 73.2 cm³/mol. The van der Waals surface area contributed by atoms with Crippen LogP contribution in [0.25, 0.3) is 0 Å². The molecule has 0 radical (unpaired) electrons. The molecule has 0 saturated carbocycles. The van der Waals surface area contributed by atoms with Crippen molar-refractivity contribution in [1.82, 2.24) is 10.5 Å². The Bertz CT molecular complexity index is 609. The van der Waals surface area contributed by atoms with Gasteiger partial charge >= 0.3 is 0 Å². The van der Waals surface area contributed by atoms with Crippen molar-refractivity contribution in [2.75, 3.05) is 5.75 Å². The van der Waals surface area contributed by atoms with Crippen molar-refractivity contribution in [3.63, 3.8) is 0 Å². The Kier molecular flexibility index (Phi) is 3.29. The van der Waals surface area contributed by atoms with E-state index in [2.05, 4.69) is 22.6 Å². The summed E-state index contributed by atoms with van der Waals surface area (Å²) in [7, 11) is 0. The Labute approximate surface area is 115 Å². The molecule has 1 atom stereocenters. The maximum absolute atomic E-state index is 12.1. The Hall–Kier alpha value is -1.75. The molecule has 1 amide bonds. The van der Waals surface area contributed by atoms with Crippen molar-refractivity contribution in [2.45, 2.75) is 24.3 Å². The summed E-state index contributed by atoms with van der Waals surface area (Å²) in [4.78, 5) is 13.3. The fourth-order valence-electron chi connectivity index (χ4n) is 2.20. The molecule has 1 N–H and O–H groups in total. The van der Waals surface area contributed by atoms with E-state index in [9.17, 15) is 4.79 Å². The number of hydrogen-bond acceptors (Lipinski definition) is 4. The maximum Gasteiger partial charge on any atom is 0.273 e. The minimum absolute atomic E-state index is 0.0574. The number of aromatic nitrogens is 1. The van der Waals surface area contributed by atoms with Crippen LogP contribution in [0, 0.1) is 6.92 Å². The topological polar surface area (TPSA) is 55.1 Å². The number of benzene rings is 1. The van der Waals surface area contributed by atoms with Crippen molar-refractivity contribution in [3.8, 4) is 0 Å². The molecule has 0 spiro atoms. The molecule has 3 rings (SSSR count). The van der Waals surface area contributed by atoms with E-state index in [-0.39, 0.29) is 11.9 Å². The van der Waals surface area contributed by atoms with E-state index in [0.717, 1.165) is 12.2 Å². The second-order valence-electron chi connectivity index (χ2n) is 4.52. The van der Waals surface area contributed by atoms with Crippen molar-refractivity contribution < 1.29 is 9.32 Å². The first-order valence-electron chi connectivity index (χ1n) is 6.20. The van der Waals surface area contributed by atoms with Crippen LogP contribution in [0.3, 0.4) is 0 Å². The van der Waals surface area contributed by atoms with E-state index < -0.39 is 0 Å². The van der Waals surface area contributed by atoms with Gasteiger partial charge in [0.1, 0.15) is 5.76 Å². The first kappa shape index (κ1) is 12.3. The van der Waals surface area contributed by atoms with Crippen LogP contribution in [0.4, 0.5) is 0 Å². The maximum atomic E-state index is 12.1. The van der Waals surface area contributed by atoms with Gasteiger partial charge in [0.2, 0.25) is 0 Å². The molecule has 0 fully saturated rings. The van der Waals surface area contributed by atoms with Crippen LogP contribution in [-0.4, -0.2) is 16.8 Å². The van der Waals surface area contributed by atoms with Gasteiger partial charge in [0.05, 0.1) is 6.04 Å². The predicted octanol–water partition coefficient (Wildman–Crippen LogP) is 2.95. The molecule has 1 aliphatic heterocycles. The third-order valence-electron chi connectivity index (χ3n) is 3.12. The monoisotopic (exact) mass is 274 g/mol. The number of carbonyl (C=O) groups is 1. The van der Waals surface area contributed by atoms with E-state index in [1.807, 2.05) is 23.9 Å². The minimum atomic E-state index is -0.177. The first-order chi connectivity index (χ1) is 9.24. The van der Waals surface area contributed by atoms with Crippen LogP contribution in [0.5, 0.6) is 0 Å². The zero-order valence-electron chi connectivity index (χ0n) is 10.6. The van der Waals surface area contributed by atoms with Crippen molar-refractivity contribution in [3.05, 3.63) is 47.3 Å². The van der Waals surface area contributed by atoms with Gasteiger partial charge in [-0.15, -0.1) is 11.8 Å². The van der Waals surface area contributed by atoms with Crippen LogP contribution in [0.15, 0.2) is 39.8 Å². The summed E-state index contributed by atoms with van der Waals surface area (Å²) in [6.07, 6.45) is 0.935. The lowest BCUT2D eigenvalue weighted by Crippen LogP contribution is -2.30. The zero-order valence-corrected chi connectivity index (χ0v) is 11.4. The van der Waals surface area contributed by atoms with Crippen molar-refractivity contribution in [1.29, 1.82) is 0 Å². The zero-order chi connectivity index (χ0) is 13.2. The lowest BCUT2D eigenvalue weighted by molar-refractivity contribution is 0.0926. The Morgan fingerprint density at radius 3 is 3.11 bits per heavy atom. The van der Waals surface area contributed by atoms with Gasteiger partial charge < -0.3 is 9.84 Å². The van der Waals surface area contributed by atoms with E-state index in [1.165, 1.54) is 10.5 Å². The molecule has 5 heteroatoms. The quantitative estimate of drug-likeness (QED) is 0.914. The lowest BCUT2D eigenvalue weighted by atomic mass is 10.0. The van der Waals surface area contributed by atoms with Gasteiger partial charge in [-0.1, -0.05) is 23.4 Å². The fraction of sp³-hybridized carbons (Fsp3) is 0.286. The number of carbonyl (C=O) groups excluding carboxylic acids is 1. The molecular weight excluding hydrogens is 260 g/mol. The first-order valence-corrected chi connectivity index (χ1v) is 7.18. The normalized spacial score (nSPS) is 17.8. The SMILES string of the molecule is Cc1cc(C(=O)N[C@H]2CCSc3ccccc32)no1. The summed E-state index contributed by atoms with van der Waals surface area (Å²) in [6.45, 7) is 1.77. The molecule has 0 unspecified atom stereocenters. The summed E-state index contributed by atoms with van der Waals surface area (Å²) in [6, 6.07) is 9.90. The molecule has 1 aromatic carbocycles. The number of thioether (sulfide) groups is 1. The number of nitrogens with zero attached hydrogens (tertiary/aromatic N) is 1. The lowest BCUT2D eigenvalue weighted by Gasteiger charge is -2.25. The van der Waals surface area contributed by atoms with Crippen LogP contribution >= 0.6 is 11.8 Å². The summed E-state index contributed by atoms with van der Waals surface area (Å²) >= 11 is 1.83. The smallest absolute Gasteiger partial charge is 0.273 e. The fourth-order valence-corrected chi connectivity index (χ4v) is 3.32. The van der Waals surface area contributed by atoms with Crippen molar-refractivity contribution >= 4 is 17.7 Å². The second kappa shape index (κ2) is 5.09. The molecule has 0 saturated heterocycles. The largest absolute Gasteiger partial charge is 0.361 e. The van der Waals surface area contributed by atoms with E-state index >= 15 is 0 Å². The summed E-state index contributed by atoms with van der Waals surface area (Å²) in [5.74, 6) is 1.48. The number of hydrogen-bond donors (Lipinski definition) is 1. The van der Waals surface area contributed by atoms with Crippen LogP contribution in [0.1, 0.15) is 34.3 Å². The van der Waals surface area contributed by atoms with Crippen LogP contribution in [0.2, 0.25) is 0 Å². The van der Waals surface area contributed by atoms with Gasteiger partial charge in [0.15, 0.2) is 5.69 Å². The molecule has 0 aliphatic carbocycles. The molecule has 98 valence electrons. The number of aryl methyl sites for hydroxylation is 1. The molecule has 2 aromatic rings. The highest BCUT2D eigenvalue weighted by Gasteiger charge is 2.23. The summed E-state index contributed by atoms with van der Waals surface area (Å²) < 4.78 is 4.93. The standard InChI is InChI=1S/C14H14N2O2S/c1-9-8-12(16-18-9)14(17)15-11-6-7-19-13-5-3-2-4-10(11)13/h2-5,8,11H,6-7H2,1H3,(H,15,17)/t11-/m0/s1. The van der Waals surface area contributed by atoms with Gasteiger partial charge in [-0.2, -0.15) is 0 Å². The van der Waals surface area contributed by atoms with Gasteiger partial charge in [0.25, 0.3) is 5.91 Å². The highest BCUT2D eigenvalue weighted by molar-refractivity contribution is 7.99. The molecule has 0 bridgehead atoms. The van der Waals surface area contributed by atoms with E-state index in [1.54, 1.807) is 13.0 Å². The highest BCUT2D eigenvalue weighted by atomic mass is 32.2. The average Bonchev–Trinajstić information content (AvgIpc) is 2.86. The van der Waals surface area contributed by atoms with Crippen LogP contribution < -0.4 is 5.32 Å². The Morgan fingerprint density at radius 1 is 1.47 bits per heavy atom. The number of rotatable bonds is 2. The summed E-state index contributed by atoms with van der Waals surface area (Å²) in [5.41, 5.74) is 1.53. The second-order valence-corrected chi connectivity index (χ2v) is 5.66. The number of amides is 1. The Morgan fingerprint density at radius 2 is 2.32 bits per heavy atom. The third kappa shape index (κ3) is 2.51. The molecular formula is C14H14N2O2S. The number of nitrogens with one attached hydrogen (secondary N) is 1. The van der Waals surface area contributed by atoms with Gasteiger partial charge in [0, 0.05) is 16.7 Å². The molecule has 1 aromatic heterocycles. The van der Waals surface area contributed by atoms with E-state index in [4.69, 9.17) is 4.52 Å². The van der Waals surface area contributed by atoms with Crippen LogP contribution in [-0.2, 0) is 0 Å². The van der Waals surface area contributed by atoms with Gasteiger partial charge in [-0.3, -0.25) is 4.79 Å².